The van der Waals surface area contributed by atoms with E-state index in [9.17, 15) is 19.4 Å². The van der Waals surface area contributed by atoms with Crippen molar-refractivity contribution in [3.05, 3.63) is 158 Å². The van der Waals surface area contributed by atoms with E-state index in [1.165, 1.54) is 44.9 Å². The minimum atomic E-state index is -4.37. The van der Waals surface area contributed by atoms with E-state index in [4.69, 9.17) is 9.05 Å². The van der Waals surface area contributed by atoms with Crippen LogP contribution in [0.25, 0.3) is 0 Å². The number of quaternary nitrogens is 1. The number of phosphoric acid groups is 1. The summed E-state index contributed by atoms with van der Waals surface area (Å²) in [5, 5.41) is 13.9. The second kappa shape index (κ2) is 54.9. The number of unbranched alkanes of at least 4 members (excludes halogenated alkanes) is 14. The molecular weight excluding hydrogens is 948 g/mol. The van der Waals surface area contributed by atoms with Gasteiger partial charge in [0.05, 0.1) is 39.9 Å². The van der Waals surface area contributed by atoms with Gasteiger partial charge in [0.2, 0.25) is 5.91 Å². The number of hydrogen-bond acceptors (Lipinski definition) is 5. The van der Waals surface area contributed by atoms with Crippen molar-refractivity contribution in [2.75, 3.05) is 40.9 Å². The van der Waals surface area contributed by atoms with Crippen LogP contribution in [0.5, 0.6) is 0 Å². The number of hydrogen-bond donors (Lipinski definition) is 3. The van der Waals surface area contributed by atoms with Crippen LogP contribution in [0.2, 0.25) is 0 Å². The molecule has 0 saturated carbocycles. The van der Waals surface area contributed by atoms with Gasteiger partial charge in [0.15, 0.2) is 0 Å². The van der Waals surface area contributed by atoms with Gasteiger partial charge in [-0.15, -0.1) is 0 Å². The molecule has 0 aromatic heterocycles. The van der Waals surface area contributed by atoms with Crippen LogP contribution in [-0.4, -0.2) is 73.4 Å². The molecule has 9 heteroatoms. The van der Waals surface area contributed by atoms with E-state index in [2.05, 4.69) is 165 Å². The molecule has 3 N–H and O–H groups in total. The van der Waals surface area contributed by atoms with Crippen molar-refractivity contribution < 1.29 is 32.9 Å². The number of nitrogens with zero attached hydrogens (tertiary/aromatic N) is 1. The van der Waals surface area contributed by atoms with Gasteiger partial charge in [0.25, 0.3) is 0 Å². The fourth-order valence-electron chi connectivity index (χ4n) is 7.39. The van der Waals surface area contributed by atoms with Crippen molar-refractivity contribution >= 4 is 13.7 Å². The normalized spacial score (nSPS) is 15.0. The number of phosphoric ester groups is 1. The van der Waals surface area contributed by atoms with E-state index < -0.39 is 20.0 Å². The molecule has 1 amide bonds. The van der Waals surface area contributed by atoms with Crippen molar-refractivity contribution in [1.29, 1.82) is 0 Å². The Bertz CT molecular complexity index is 1770. The van der Waals surface area contributed by atoms with Crippen molar-refractivity contribution in [2.45, 2.75) is 212 Å². The molecule has 0 radical (unpaired) electrons. The molecule has 0 aliphatic heterocycles. The lowest BCUT2D eigenvalue weighted by atomic mass is 10.1. The number of allylic oxidation sites excluding steroid dienone is 25. The molecule has 8 nitrogen and oxygen atoms in total. The largest absolute Gasteiger partial charge is 0.472 e. The fourth-order valence-corrected chi connectivity index (χ4v) is 8.13. The smallest absolute Gasteiger partial charge is 0.387 e. The number of carbonyl (C=O) groups is 1. The first-order valence-electron chi connectivity index (χ1n) is 29.4. The number of likely N-dealkylation sites (N-methyl/N-ethyl adjacent to an activating group) is 1. The Labute approximate surface area is 461 Å². The summed E-state index contributed by atoms with van der Waals surface area (Å²) in [6.45, 7) is 4.62. The number of aliphatic hydroxyl groups excluding tert-OH is 1. The molecule has 0 fully saturated rings. The van der Waals surface area contributed by atoms with Gasteiger partial charge in [-0.05, 0) is 122 Å². The van der Waals surface area contributed by atoms with E-state index in [0.717, 1.165) is 135 Å². The van der Waals surface area contributed by atoms with Gasteiger partial charge in [-0.3, -0.25) is 13.8 Å². The second-order valence-electron chi connectivity index (χ2n) is 20.3. The number of nitrogens with one attached hydrogen (secondary N) is 1. The highest BCUT2D eigenvalue weighted by molar-refractivity contribution is 7.47. The minimum Gasteiger partial charge on any atom is -0.387 e. The molecule has 0 heterocycles. The summed E-state index contributed by atoms with van der Waals surface area (Å²) in [7, 11) is 1.51. The highest BCUT2D eigenvalue weighted by Gasteiger charge is 2.27. The van der Waals surface area contributed by atoms with E-state index in [1.54, 1.807) is 6.08 Å². The first-order chi connectivity index (χ1) is 36.5. The average molecular weight is 1060 g/mol. The number of amides is 1. The molecule has 3 atom stereocenters. The third-order valence-electron chi connectivity index (χ3n) is 12.0. The first kappa shape index (κ1) is 71.1. The van der Waals surface area contributed by atoms with Crippen LogP contribution in [0.15, 0.2) is 158 Å². The van der Waals surface area contributed by atoms with E-state index >= 15 is 0 Å². The third-order valence-corrected chi connectivity index (χ3v) is 12.9. The van der Waals surface area contributed by atoms with Gasteiger partial charge >= 0.3 is 7.82 Å². The molecule has 0 bridgehead atoms. The van der Waals surface area contributed by atoms with Crippen LogP contribution in [-0.2, 0) is 18.4 Å². The summed E-state index contributed by atoms with van der Waals surface area (Å²) >= 11 is 0. The zero-order valence-corrected chi connectivity index (χ0v) is 49.1. The molecule has 0 saturated heterocycles. The van der Waals surface area contributed by atoms with E-state index in [0.29, 0.717) is 17.4 Å². The third kappa shape index (κ3) is 57.7. The first-order valence-corrected chi connectivity index (χ1v) is 30.9. The van der Waals surface area contributed by atoms with Gasteiger partial charge < -0.3 is 19.8 Å². The number of aliphatic hydroxyl groups is 1. The molecule has 75 heavy (non-hydrogen) atoms. The monoisotopic (exact) mass is 1060 g/mol. The van der Waals surface area contributed by atoms with Crippen LogP contribution in [0.3, 0.4) is 0 Å². The van der Waals surface area contributed by atoms with Crippen LogP contribution < -0.4 is 5.32 Å². The van der Waals surface area contributed by atoms with Gasteiger partial charge in [0, 0.05) is 6.42 Å². The number of carbonyl (C=O) groups excluding carboxylic acids is 1. The van der Waals surface area contributed by atoms with Gasteiger partial charge in [0.1, 0.15) is 13.2 Å². The highest BCUT2D eigenvalue weighted by atomic mass is 31.2. The Hall–Kier alpha value is -3.88. The van der Waals surface area contributed by atoms with Crippen molar-refractivity contribution in [1.82, 2.24) is 5.32 Å². The van der Waals surface area contributed by atoms with Crippen molar-refractivity contribution in [2.24, 2.45) is 0 Å². The molecular formula is C66H110N2O6P+. The van der Waals surface area contributed by atoms with Crippen LogP contribution in [0.4, 0.5) is 0 Å². The Balaban J connectivity index is 4.27. The molecule has 3 unspecified atom stereocenters. The van der Waals surface area contributed by atoms with Gasteiger partial charge in [-0.2, -0.15) is 0 Å². The standard InChI is InChI=1S/C66H109N2O6P/c1-6-8-10-12-14-16-18-20-22-24-25-26-27-28-29-30-31-32-33-34-35-36-37-38-39-40-41-42-43-44-46-48-50-52-54-56-58-60-66(70)67-64(63-74-75(71,72)73-62-61-68(3,4)5)65(69)59-57-55-53-51-49-47-45-23-21-19-17-15-13-11-9-7-2/h8,10,14,16,20-23,25-26,28-29,31-32,34-35,37-38,40-41,43-44,49,51,57,59,64-65,69H,6-7,9,11-13,15,17-19,24,27,30,33,36,39,42,45-48,50,52-56,58,60-63H2,1-5H3,(H-,67,70,71,72)/p+1/b10-8-,16-14-,22-20-,23-21+,26-25-,29-28-,32-31-,35-34-,38-37-,41-40-,44-43-,51-49+,59-57+. The average Bonchev–Trinajstić information content (AvgIpc) is 3.37. The van der Waals surface area contributed by atoms with E-state index in [1.807, 2.05) is 27.2 Å². The van der Waals surface area contributed by atoms with Gasteiger partial charge in [-0.25, -0.2) is 4.57 Å². The Morgan fingerprint density at radius 3 is 1.23 bits per heavy atom. The predicted molar refractivity (Wildman–Crippen MR) is 327 cm³/mol. The second-order valence-corrected chi connectivity index (χ2v) is 21.7. The Morgan fingerprint density at radius 2 is 0.813 bits per heavy atom. The molecule has 424 valence electrons. The number of rotatable bonds is 51. The SMILES string of the molecule is CC/C=C\C/C=C\C/C=C\C/C=C\C/C=C\C/C=C\C/C=C\C/C=C\C/C=C\C/C=C\CCCCCCCCC(=O)NC(COP(=O)(O)OCC[N+](C)(C)C)C(O)/C=C/CC/C=C/CC/C=C/CCCCCCCC. The summed E-state index contributed by atoms with van der Waals surface area (Å²) in [4.78, 5) is 23.3. The molecule has 0 spiro atoms. The summed E-state index contributed by atoms with van der Waals surface area (Å²) in [6.07, 6.45) is 86.3. The maximum atomic E-state index is 13.0. The van der Waals surface area contributed by atoms with E-state index in [-0.39, 0.29) is 19.1 Å². The maximum absolute atomic E-state index is 13.0. The topological polar surface area (TPSA) is 105 Å². The maximum Gasteiger partial charge on any atom is 0.472 e. The summed E-state index contributed by atoms with van der Waals surface area (Å²) in [6, 6.07) is -0.890. The van der Waals surface area contributed by atoms with Crippen LogP contribution in [0.1, 0.15) is 200 Å². The molecule has 0 rings (SSSR count). The van der Waals surface area contributed by atoms with Crippen LogP contribution >= 0.6 is 7.82 Å². The zero-order chi connectivity index (χ0) is 54.9. The van der Waals surface area contributed by atoms with Gasteiger partial charge in [-0.1, -0.05) is 230 Å². The lowest BCUT2D eigenvalue weighted by molar-refractivity contribution is -0.870. The molecule has 0 aromatic rings. The lowest BCUT2D eigenvalue weighted by Crippen LogP contribution is -2.45. The summed E-state index contributed by atoms with van der Waals surface area (Å²) in [5.74, 6) is -0.213. The zero-order valence-electron chi connectivity index (χ0n) is 48.2. The fraction of sp³-hybridized carbons (Fsp3) is 0.591. The molecule has 0 aliphatic carbocycles. The molecule has 0 aromatic carbocycles. The Morgan fingerprint density at radius 1 is 0.467 bits per heavy atom. The lowest BCUT2D eigenvalue weighted by Gasteiger charge is -2.25. The van der Waals surface area contributed by atoms with Crippen LogP contribution in [0, 0.1) is 0 Å². The summed E-state index contributed by atoms with van der Waals surface area (Å²) < 4.78 is 23.6. The Kier molecular flexibility index (Phi) is 52.1. The predicted octanol–water partition coefficient (Wildman–Crippen LogP) is 18.3. The molecule has 0 aliphatic rings. The quantitative estimate of drug-likeness (QED) is 0.0243. The van der Waals surface area contributed by atoms with Crippen molar-refractivity contribution in [3.63, 3.8) is 0 Å². The summed E-state index contributed by atoms with van der Waals surface area (Å²) in [5.41, 5.74) is 0. The highest BCUT2D eigenvalue weighted by Crippen LogP contribution is 2.43. The minimum absolute atomic E-state index is 0.0415. The van der Waals surface area contributed by atoms with Crippen molar-refractivity contribution in [3.8, 4) is 0 Å².